The molecule has 82 valence electrons. The summed E-state index contributed by atoms with van der Waals surface area (Å²) in [5, 5.41) is 11.1. The quantitative estimate of drug-likeness (QED) is 0.510. The van der Waals surface area contributed by atoms with Crippen molar-refractivity contribution in [2.45, 2.75) is 19.4 Å². The van der Waals surface area contributed by atoms with Crippen LogP contribution in [0.5, 0.6) is 0 Å². The SMILES string of the molecule is CC(=O)N[C@@H](CSCCCN)C(=O)O. The third-order valence-electron chi connectivity index (χ3n) is 1.45. The van der Waals surface area contributed by atoms with Gasteiger partial charge in [-0.25, -0.2) is 4.79 Å². The minimum absolute atomic E-state index is 0.322. The molecule has 0 heterocycles. The van der Waals surface area contributed by atoms with Crippen LogP contribution in [0.15, 0.2) is 0 Å². The van der Waals surface area contributed by atoms with Crippen molar-refractivity contribution in [1.82, 2.24) is 5.32 Å². The fourth-order valence-corrected chi connectivity index (χ4v) is 1.81. The third kappa shape index (κ3) is 6.73. The molecule has 0 aromatic carbocycles. The Bertz CT molecular complexity index is 199. The van der Waals surface area contributed by atoms with Crippen LogP contribution in [0.4, 0.5) is 0 Å². The zero-order valence-corrected chi connectivity index (χ0v) is 8.97. The van der Waals surface area contributed by atoms with Crippen molar-refractivity contribution in [2.75, 3.05) is 18.1 Å². The molecule has 14 heavy (non-hydrogen) atoms. The van der Waals surface area contributed by atoms with Crippen LogP contribution in [0.2, 0.25) is 0 Å². The molecule has 0 bridgehead atoms. The Balaban J connectivity index is 3.74. The Morgan fingerprint density at radius 1 is 1.57 bits per heavy atom. The Labute approximate surface area is 87.4 Å². The maximum absolute atomic E-state index is 10.6. The summed E-state index contributed by atoms with van der Waals surface area (Å²) in [7, 11) is 0. The lowest BCUT2D eigenvalue weighted by Gasteiger charge is -2.12. The van der Waals surface area contributed by atoms with Crippen LogP contribution >= 0.6 is 11.8 Å². The molecular formula is C8H16N2O3S. The van der Waals surface area contributed by atoms with E-state index in [-0.39, 0.29) is 5.91 Å². The number of aliphatic carboxylic acids is 1. The van der Waals surface area contributed by atoms with Crippen molar-refractivity contribution in [1.29, 1.82) is 0 Å². The Morgan fingerprint density at radius 2 is 2.21 bits per heavy atom. The summed E-state index contributed by atoms with van der Waals surface area (Å²) in [6.45, 7) is 1.91. The fourth-order valence-electron chi connectivity index (χ4n) is 0.807. The van der Waals surface area contributed by atoms with Gasteiger partial charge in [0.05, 0.1) is 0 Å². The number of carboxylic acid groups (broad SMARTS) is 1. The topological polar surface area (TPSA) is 92.4 Å². The first-order valence-corrected chi connectivity index (χ1v) is 5.51. The lowest BCUT2D eigenvalue weighted by atomic mass is 10.3. The summed E-state index contributed by atoms with van der Waals surface area (Å²) in [4.78, 5) is 21.3. The maximum Gasteiger partial charge on any atom is 0.327 e. The zero-order valence-electron chi connectivity index (χ0n) is 8.16. The second-order valence-corrected chi connectivity index (χ2v) is 3.96. The molecule has 0 spiro atoms. The van der Waals surface area contributed by atoms with Crippen molar-refractivity contribution >= 4 is 23.6 Å². The molecule has 0 saturated heterocycles. The Kier molecular flexibility index (Phi) is 7.23. The summed E-state index contributed by atoms with van der Waals surface area (Å²) in [5.74, 6) is -0.119. The van der Waals surface area contributed by atoms with E-state index in [1.807, 2.05) is 0 Å². The highest BCUT2D eigenvalue weighted by atomic mass is 32.2. The van der Waals surface area contributed by atoms with E-state index >= 15 is 0 Å². The molecule has 0 rings (SSSR count). The highest BCUT2D eigenvalue weighted by molar-refractivity contribution is 7.99. The number of amides is 1. The van der Waals surface area contributed by atoms with E-state index in [1.54, 1.807) is 0 Å². The average molecular weight is 220 g/mol. The number of hydrogen-bond acceptors (Lipinski definition) is 4. The third-order valence-corrected chi connectivity index (χ3v) is 2.60. The molecule has 0 saturated carbocycles. The van der Waals surface area contributed by atoms with Gasteiger partial charge in [-0.3, -0.25) is 4.79 Å². The van der Waals surface area contributed by atoms with Gasteiger partial charge in [0, 0.05) is 12.7 Å². The average Bonchev–Trinajstić information content (AvgIpc) is 2.09. The van der Waals surface area contributed by atoms with Gasteiger partial charge in [-0.05, 0) is 18.7 Å². The number of carboxylic acids is 1. The van der Waals surface area contributed by atoms with Crippen LogP contribution in [0, 0.1) is 0 Å². The normalized spacial score (nSPS) is 12.1. The first kappa shape index (κ1) is 13.2. The molecule has 0 fully saturated rings. The molecule has 6 heteroatoms. The van der Waals surface area contributed by atoms with E-state index in [0.717, 1.165) is 12.2 Å². The van der Waals surface area contributed by atoms with Gasteiger partial charge in [0.2, 0.25) is 5.91 Å². The predicted molar refractivity (Wildman–Crippen MR) is 56.2 cm³/mol. The summed E-state index contributed by atoms with van der Waals surface area (Å²) < 4.78 is 0. The number of rotatable bonds is 7. The molecule has 4 N–H and O–H groups in total. The summed E-state index contributed by atoms with van der Waals surface area (Å²) >= 11 is 1.48. The molecule has 0 aliphatic carbocycles. The monoisotopic (exact) mass is 220 g/mol. The second kappa shape index (κ2) is 7.64. The Morgan fingerprint density at radius 3 is 2.64 bits per heavy atom. The van der Waals surface area contributed by atoms with Crippen LogP contribution in [0.1, 0.15) is 13.3 Å². The van der Waals surface area contributed by atoms with Crippen LogP contribution in [0.25, 0.3) is 0 Å². The van der Waals surface area contributed by atoms with Crippen molar-refractivity contribution in [3.63, 3.8) is 0 Å². The van der Waals surface area contributed by atoms with E-state index < -0.39 is 12.0 Å². The van der Waals surface area contributed by atoms with E-state index in [9.17, 15) is 9.59 Å². The molecule has 5 nitrogen and oxygen atoms in total. The van der Waals surface area contributed by atoms with Crippen molar-refractivity contribution in [3.05, 3.63) is 0 Å². The Hall–Kier alpha value is -0.750. The molecular weight excluding hydrogens is 204 g/mol. The highest BCUT2D eigenvalue weighted by Crippen LogP contribution is 2.04. The van der Waals surface area contributed by atoms with Gasteiger partial charge in [0.15, 0.2) is 0 Å². The van der Waals surface area contributed by atoms with Crippen LogP contribution in [-0.2, 0) is 9.59 Å². The van der Waals surface area contributed by atoms with Gasteiger partial charge in [0.25, 0.3) is 0 Å². The molecule has 1 amide bonds. The molecule has 0 radical (unpaired) electrons. The molecule has 0 unspecified atom stereocenters. The van der Waals surface area contributed by atoms with E-state index in [2.05, 4.69) is 5.32 Å². The van der Waals surface area contributed by atoms with Crippen LogP contribution in [-0.4, -0.2) is 41.1 Å². The summed E-state index contributed by atoms with van der Waals surface area (Å²) in [5.41, 5.74) is 5.29. The number of hydrogen-bond donors (Lipinski definition) is 3. The second-order valence-electron chi connectivity index (χ2n) is 2.81. The molecule has 0 aliphatic heterocycles. The highest BCUT2D eigenvalue weighted by Gasteiger charge is 2.17. The zero-order chi connectivity index (χ0) is 11.0. The lowest BCUT2D eigenvalue weighted by molar-refractivity contribution is -0.140. The number of nitrogens with two attached hydrogens (primary N) is 1. The predicted octanol–water partition coefficient (Wildman–Crippen LogP) is -0.342. The standard InChI is InChI=1S/C8H16N2O3S/c1-6(11)10-7(8(12)13)5-14-4-2-3-9/h7H,2-5,9H2,1H3,(H,10,11)(H,12,13)/t7-/m0/s1. The number of carbonyl (C=O) groups excluding carboxylic acids is 1. The minimum atomic E-state index is -1.000. The molecule has 0 aliphatic rings. The van der Waals surface area contributed by atoms with E-state index in [4.69, 9.17) is 10.8 Å². The van der Waals surface area contributed by atoms with Crippen LogP contribution < -0.4 is 11.1 Å². The summed E-state index contributed by atoms with van der Waals surface area (Å²) in [6.07, 6.45) is 0.858. The molecule has 1 atom stereocenters. The first-order valence-electron chi connectivity index (χ1n) is 4.35. The van der Waals surface area contributed by atoms with Gasteiger partial charge < -0.3 is 16.2 Å². The molecule has 0 aromatic heterocycles. The van der Waals surface area contributed by atoms with E-state index in [1.165, 1.54) is 18.7 Å². The number of carbonyl (C=O) groups is 2. The van der Waals surface area contributed by atoms with Gasteiger partial charge in [-0.15, -0.1) is 0 Å². The fraction of sp³-hybridized carbons (Fsp3) is 0.750. The first-order chi connectivity index (χ1) is 6.57. The van der Waals surface area contributed by atoms with Crippen molar-refractivity contribution in [2.24, 2.45) is 5.73 Å². The smallest absolute Gasteiger partial charge is 0.327 e. The van der Waals surface area contributed by atoms with Gasteiger partial charge in [-0.2, -0.15) is 11.8 Å². The minimum Gasteiger partial charge on any atom is -0.480 e. The van der Waals surface area contributed by atoms with Gasteiger partial charge in [-0.1, -0.05) is 0 Å². The van der Waals surface area contributed by atoms with Crippen LogP contribution in [0.3, 0.4) is 0 Å². The van der Waals surface area contributed by atoms with Gasteiger partial charge in [0.1, 0.15) is 6.04 Å². The molecule has 0 aromatic rings. The van der Waals surface area contributed by atoms with Crippen molar-refractivity contribution in [3.8, 4) is 0 Å². The van der Waals surface area contributed by atoms with E-state index in [0.29, 0.717) is 12.3 Å². The van der Waals surface area contributed by atoms with Crippen molar-refractivity contribution < 1.29 is 14.7 Å². The number of thioether (sulfide) groups is 1. The number of nitrogens with one attached hydrogen (secondary N) is 1. The van der Waals surface area contributed by atoms with Gasteiger partial charge >= 0.3 is 5.97 Å². The lowest BCUT2D eigenvalue weighted by Crippen LogP contribution is -2.41. The summed E-state index contributed by atoms with van der Waals surface area (Å²) in [6, 6.07) is -0.796. The largest absolute Gasteiger partial charge is 0.480 e. The maximum atomic E-state index is 10.6.